The molecular weight excluding hydrogens is 320 g/mol. The molecule has 0 N–H and O–H groups in total. The third kappa shape index (κ3) is 3.03. The molecule has 2 heterocycles. The summed E-state index contributed by atoms with van der Waals surface area (Å²) >= 11 is 0. The summed E-state index contributed by atoms with van der Waals surface area (Å²) in [6.45, 7) is 1.59. The van der Waals surface area contributed by atoms with Crippen LogP contribution in [0.15, 0.2) is 55.1 Å². The summed E-state index contributed by atoms with van der Waals surface area (Å²) in [4.78, 5) is 10.3. The van der Waals surface area contributed by atoms with Crippen molar-refractivity contribution in [2.75, 3.05) is 13.6 Å². The van der Waals surface area contributed by atoms with E-state index in [0.29, 0.717) is 0 Å². The molecule has 0 amide bonds. The highest BCUT2D eigenvalue weighted by atomic mass is 19.2. The lowest BCUT2D eigenvalue weighted by atomic mass is 9.83. The molecule has 0 aliphatic carbocycles. The highest BCUT2D eigenvalue weighted by Gasteiger charge is 2.25. The average Bonchev–Trinajstić information content (AvgIpc) is 2.63. The summed E-state index contributed by atoms with van der Waals surface area (Å²) in [7, 11) is 2.04. The molecular formula is C20H17F2N3. The molecule has 2 aromatic carbocycles. The van der Waals surface area contributed by atoms with Gasteiger partial charge in [-0.25, -0.2) is 18.7 Å². The fourth-order valence-corrected chi connectivity index (χ4v) is 3.49. The van der Waals surface area contributed by atoms with Gasteiger partial charge in [0.1, 0.15) is 6.33 Å². The number of benzene rings is 2. The van der Waals surface area contributed by atoms with Crippen LogP contribution in [0.2, 0.25) is 0 Å². The van der Waals surface area contributed by atoms with Crippen LogP contribution in [0.1, 0.15) is 22.6 Å². The molecule has 5 heteroatoms. The molecule has 0 bridgehead atoms. The molecule has 0 spiro atoms. The number of fused-ring (bicyclic) bond motifs is 1. The van der Waals surface area contributed by atoms with E-state index in [-0.39, 0.29) is 5.92 Å². The van der Waals surface area contributed by atoms with Crippen molar-refractivity contribution in [2.45, 2.75) is 12.5 Å². The van der Waals surface area contributed by atoms with Gasteiger partial charge in [-0.2, -0.15) is 0 Å². The lowest BCUT2D eigenvalue weighted by Gasteiger charge is -2.33. The summed E-state index contributed by atoms with van der Waals surface area (Å²) in [5, 5.41) is 0. The average molecular weight is 337 g/mol. The number of hydrogen-bond acceptors (Lipinski definition) is 3. The van der Waals surface area contributed by atoms with Gasteiger partial charge in [0.15, 0.2) is 11.6 Å². The van der Waals surface area contributed by atoms with Crippen LogP contribution in [0.25, 0.3) is 11.1 Å². The first kappa shape index (κ1) is 15.8. The van der Waals surface area contributed by atoms with Gasteiger partial charge >= 0.3 is 0 Å². The fraction of sp³-hybridized carbons (Fsp3) is 0.200. The highest BCUT2D eigenvalue weighted by molar-refractivity contribution is 5.64. The molecule has 25 heavy (non-hydrogen) atoms. The van der Waals surface area contributed by atoms with E-state index in [1.165, 1.54) is 24.0 Å². The third-order valence-corrected chi connectivity index (χ3v) is 4.69. The zero-order valence-electron chi connectivity index (χ0n) is 13.8. The molecule has 1 aliphatic rings. The third-order valence-electron chi connectivity index (χ3n) is 4.69. The van der Waals surface area contributed by atoms with Crippen LogP contribution < -0.4 is 0 Å². The Hall–Kier alpha value is -2.66. The van der Waals surface area contributed by atoms with Crippen molar-refractivity contribution in [2.24, 2.45) is 0 Å². The van der Waals surface area contributed by atoms with E-state index >= 15 is 0 Å². The van der Waals surface area contributed by atoms with Crippen molar-refractivity contribution in [1.82, 2.24) is 14.9 Å². The summed E-state index contributed by atoms with van der Waals surface area (Å²) < 4.78 is 27.0. The standard InChI is InChI=1S/C20H17F2N3/c1-25-10-15-6-13(16-8-23-12-24-9-16)2-4-17(15)18(11-25)14-3-5-19(21)20(22)7-14/h2-9,12,18H,10-11H2,1H3. The van der Waals surface area contributed by atoms with Crippen LogP contribution in [-0.2, 0) is 6.54 Å². The normalized spacial score (nSPS) is 17.3. The second kappa shape index (κ2) is 6.33. The maximum Gasteiger partial charge on any atom is 0.159 e. The van der Waals surface area contributed by atoms with Gasteiger partial charge in [-0.05, 0) is 47.5 Å². The SMILES string of the molecule is CN1Cc2cc(-c3cncnc3)ccc2C(c2ccc(F)c(F)c2)C1. The Morgan fingerprint density at radius 1 is 0.960 bits per heavy atom. The molecule has 3 aromatic rings. The van der Waals surface area contributed by atoms with Crippen LogP contribution in [0.5, 0.6) is 0 Å². The van der Waals surface area contributed by atoms with Gasteiger partial charge in [-0.15, -0.1) is 0 Å². The molecule has 0 saturated carbocycles. The van der Waals surface area contributed by atoms with Gasteiger partial charge in [0.2, 0.25) is 0 Å². The minimum absolute atomic E-state index is 0.0184. The van der Waals surface area contributed by atoms with E-state index in [1.54, 1.807) is 18.5 Å². The number of nitrogens with zero attached hydrogens (tertiary/aromatic N) is 3. The number of halogens is 2. The van der Waals surface area contributed by atoms with Crippen molar-refractivity contribution in [3.8, 4) is 11.1 Å². The zero-order chi connectivity index (χ0) is 17.4. The van der Waals surface area contributed by atoms with Gasteiger partial charge in [-0.1, -0.05) is 18.2 Å². The minimum atomic E-state index is -0.812. The van der Waals surface area contributed by atoms with Crippen molar-refractivity contribution in [1.29, 1.82) is 0 Å². The Morgan fingerprint density at radius 3 is 2.52 bits per heavy atom. The van der Waals surface area contributed by atoms with E-state index in [9.17, 15) is 8.78 Å². The second-order valence-corrected chi connectivity index (χ2v) is 6.46. The molecule has 0 fully saturated rings. The predicted octanol–water partition coefficient (Wildman–Crippen LogP) is 4.00. The number of hydrogen-bond donors (Lipinski definition) is 0. The lowest BCUT2D eigenvalue weighted by molar-refractivity contribution is 0.295. The smallest absolute Gasteiger partial charge is 0.159 e. The van der Waals surface area contributed by atoms with E-state index in [2.05, 4.69) is 27.0 Å². The van der Waals surface area contributed by atoms with Gasteiger partial charge in [0.05, 0.1) is 0 Å². The van der Waals surface area contributed by atoms with E-state index in [0.717, 1.165) is 35.3 Å². The van der Waals surface area contributed by atoms with Gasteiger partial charge < -0.3 is 4.90 Å². The molecule has 0 saturated heterocycles. The molecule has 4 rings (SSSR count). The first-order valence-electron chi connectivity index (χ1n) is 8.13. The summed E-state index contributed by atoms with van der Waals surface area (Å²) in [6, 6.07) is 10.4. The maximum atomic E-state index is 13.7. The van der Waals surface area contributed by atoms with E-state index in [1.807, 2.05) is 13.1 Å². The Labute approximate surface area is 145 Å². The van der Waals surface area contributed by atoms with E-state index < -0.39 is 11.6 Å². The number of aromatic nitrogens is 2. The number of rotatable bonds is 2. The Kier molecular flexibility index (Phi) is 4.01. The largest absolute Gasteiger partial charge is 0.301 e. The topological polar surface area (TPSA) is 29.0 Å². The quantitative estimate of drug-likeness (QED) is 0.708. The van der Waals surface area contributed by atoms with E-state index in [4.69, 9.17) is 0 Å². The summed E-state index contributed by atoms with van der Waals surface area (Å²) in [6.07, 6.45) is 5.08. The molecule has 1 atom stereocenters. The Balaban J connectivity index is 1.77. The Bertz CT molecular complexity index is 912. The fourth-order valence-electron chi connectivity index (χ4n) is 3.49. The van der Waals surface area contributed by atoms with Crippen molar-refractivity contribution < 1.29 is 8.78 Å². The first-order valence-corrected chi connectivity index (χ1v) is 8.13. The molecule has 1 aromatic heterocycles. The van der Waals surface area contributed by atoms with Gasteiger partial charge in [0.25, 0.3) is 0 Å². The zero-order valence-corrected chi connectivity index (χ0v) is 13.8. The minimum Gasteiger partial charge on any atom is -0.301 e. The van der Waals surface area contributed by atoms with Gasteiger partial charge in [0, 0.05) is 37.0 Å². The second-order valence-electron chi connectivity index (χ2n) is 6.46. The summed E-state index contributed by atoms with van der Waals surface area (Å²) in [5.41, 5.74) is 5.15. The molecule has 3 nitrogen and oxygen atoms in total. The highest BCUT2D eigenvalue weighted by Crippen LogP contribution is 2.35. The van der Waals surface area contributed by atoms with Gasteiger partial charge in [-0.3, -0.25) is 0 Å². The van der Waals surface area contributed by atoms with Crippen molar-refractivity contribution in [3.63, 3.8) is 0 Å². The van der Waals surface area contributed by atoms with Crippen molar-refractivity contribution >= 4 is 0 Å². The Morgan fingerprint density at radius 2 is 1.76 bits per heavy atom. The van der Waals surface area contributed by atoms with Crippen LogP contribution in [0.3, 0.4) is 0 Å². The van der Waals surface area contributed by atoms with Crippen LogP contribution in [0, 0.1) is 11.6 Å². The molecule has 1 unspecified atom stereocenters. The monoisotopic (exact) mass is 337 g/mol. The predicted molar refractivity (Wildman–Crippen MR) is 92.0 cm³/mol. The maximum absolute atomic E-state index is 13.7. The number of likely N-dealkylation sites (N-methyl/N-ethyl adjacent to an activating group) is 1. The van der Waals surface area contributed by atoms with Crippen LogP contribution in [-0.4, -0.2) is 28.5 Å². The lowest BCUT2D eigenvalue weighted by Crippen LogP contribution is -2.31. The molecule has 1 aliphatic heterocycles. The molecule has 0 radical (unpaired) electrons. The summed E-state index contributed by atoms with van der Waals surface area (Å²) in [5.74, 6) is -1.59. The van der Waals surface area contributed by atoms with Crippen LogP contribution in [0.4, 0.5) is 8.78 Å². The first-order chi connectivity index (χ1) is 12.1. The molecule has 126 valence electrons. The van der Waals surface area contributed by atoms with Crippen molar-refractivity contribution in [3.05, 3.63) is 83.4 Å². The van der Waals surface area contributed by atoms with Crippen LogP contribution >= 0.6 is 0 Å².